The van der Waals surface area contributed by atoms with Crippen molar-refractivity contribution in [2.75, 3.05) is 20.0 Å². The molecule has 3 rings (SSSR count). The molecule has 0 bridgehead atoms. The van der Waals surface area contributed by atoms with E-state index in [-0.39, 0.29) is 18.4 Å². The number of halogens is 1. The van der Waals surface area contributed by atoms with Crippen LogP contribution in [0.2, 0.25) is 0 Å². The van der Waals surface area contributed by atoms with Gasteiger partial charge in [-0.05, 0) is 24.3 Å². The van der Waals surface area contributed by atoms with E-state index in [4.69, 9.17) is 18.9 Å². The molecule has 0 atom stereocenters. The second-order valence-corrected chi connectivity index (χ2v) is 4.50. The highest BCUT2D eigenvalue weighted by atomic mass is 19.1. The number of para-hydroxylation sites is 1. The topological polar surface area (TPSA) is 36.9 Å². The highest BCUT2D eigenvalue weighted by molar-refractivity contribution is 5.46. The second kappa shape index (κ2) is 6.35. The zero-order valence-electron chi connectivity index (χ0n) is 11.4. The summed E-state index contributed by atoms with van der Waals surface area (Å²) in [5, 5.41) is 0. The van der Waals surface area contributed by atoms with Gasteiger partial charge in [-0.25, -0.2) is 4.39 Å². The molecule has 0 aromatic heterocycles. The van der Waals surface area contributed by atoms with Crippen LogP contribution in [0.15, 0.2) is 42.5 Å². The van der Waals surface area contributed by atoms with Gasteiger partial charge in [0.25, 0.3) is 0 Å². The summed E-state index contributed by atoms with van der Waals surface area (Å²) in [5.41, 5.74) is 0. The molecular formula is C16H15FO4. The summed E-state index contributed by atoms with van der Waals surface area (Å²) < 4.78 is 34.7. The van der Waals surface area contributed by atoms with E-state index in [0.29, 0.717) is 31.1 Å². The van der Waals surface area contributed by atoms with Gasteiger partial charge in [-0.15, -0.1) is 0 Å². The maximum absolute atomic E-state index is 13.3. The van der Waals surface area contributed by atoms with E-state index in [2.05, 4.69) is 0 Å². The Morgan fingerprint density at radius 2 is 1.76 bits per heavy atom. The Labute approximate surface area is 122 Å². The molecule has 0 N–H and O–H groups in total. The van der Waals surface area contributed by atoms with E-state index in [0.717, 1.165) is 5.75 Å². The van der Waals surface area contributed by atoms with Gasteiger partial charge in [-0.2, -0.15) is 0 Å². The van der Waals surface area contributed by atoms with Crippen molar-refractivity contribution in [1.29, 1.82) is 0 Å². The first-order valence-corrected chi connectivity index (χ1v) is 6.73. The van der Waals surface area contributed by atoms with Crippen molar-refractivity contribution in [3.05, 3.63) is 48.3 Å². The van der Waals surface area contributed by atoms with E-state index in [1.807, 2.05) is 12.1 Å². The molecule has 2 aromatic carbocycles. The van der Waals surface area contributed by atoms with Crippen LogP contribution in [0, 0.1) is 5.82 Å². The molecule has 4 nitrogen and oxygen atoms in total. The Kier molecular flexibility index (Phi) is 4.09. The number of hydrogen-bond donors (Lipinski definition) is 0. The van der Waals surface area contributed by atoms with Crippen LogP contribution in [0.3, 0.4) is 0 Å². The van der Waals surface area contributed by atoms with Gasteiger partial charge in [-0.3, -0.25) is 0 Å². The molecule has 1 aliphatic heterocycles. The monoisotopic (exact) mass is 290 g/mol. The summed E-state index contributed by atoms with van der Waals surface area (Å²) in [7, 11) is 0. The fourth-order valence-electron chi connectivity index (χ4n) is 1.96. The molecule has 0 unspecified atom stereocenters. The SMILES string of the molecule is Fc1ccccc1OCCCOc1ccc2c(c1)OCO2. The van der Waals surface area contributed by atoms with Gasteiger partial charge in [0.05, 0.1) is 13.2 Å². The van der Waals surface area contributed by atoms with Gasteiger partial charge in [0.15, 0.2) is 23.1 Å². The fourth-order valence-corrected chi connectivity index (χ4v) is 1.96. The standard InChI is InChI=1S/C16H15FO4/c17-13-4-1-2-5-14(13)19-9-3-8-18-12-6-7-15-16(10-12)21-11-20-15/h1-2,4-7,10H,3,8-9,11H2. The number of fused-ring (bicyclic) bond motifs is 1. The third-order valence-electron chi connectivity index (χ3n) is 3.00. The predicted molar refractivity (Wildman–Crippen MR) is 74.6 cm³/mol. The molecule has 21 heavy (non-hydrogen) atoms. The molecule has 1 aliphatic rings. The Morgan fingerprint density at radius 3 is 2.67 bits per heavy atom. The number of benzene rings is 2. The lowest BCUT2D eigenvalue weighted by Crippen LogP contribution is -2.05. The highest BCUT2D eigenvalue weighted by Gasteiger charge is 2.13. The summed E-state index contributed by atoms with van der Waals surface area (Å²) in [6, 6.07) is 11.8. The van der Waals surface area contributed by atoms with Crippen molar-refractivity contribution in [3.8, 4) is 23.0 Å². The van der Waals surface area contributed by atoms with Crippen LogP contribution in [0.1, 0.15) is 6.42 Å². The van der Waals surface area contributed by atoms with Crippen LogP contribution in [0.25, 0.3) is 0 Å². The lowest BCUT2D eigenvalue weighted by molar-refractivity contribution is 0.173. The third kappa shape index (κ3) is 3.37. The molecule has 0 spiro atoms. The van der Waals surface area contributed by atoms with Crippen LogP contribution in [-0.4, -0.2) is 20.0 Å². The Bertz CT molecular complexity index is 615. The average molecular weight is 290 g/mol. The lowest BCUT2D eigenvalue weighted by atomic mass is 10.3. The molecule has 0 saturated carbocycles. The molecule has 110 valence electrons. The minimum absolute atomic E-state index is 0.245. The molecule has 0 aliphatic carbocycles. The van der Waals surface area contributed by atoms with Crippen LogP contribution in [-0.2, 0) is 0 Å². The molecule has 0 saturated heterocycles. The van der Waals surface area contributed by atoms with E-state index in [9.17, 15) is 4.39 Å². The van der Waals surface area contributed by atoms with Gasteiger partial charge in [0.2, 0.25) is 6.79 Å². The maximum Gasteiger partial charge on any atom is 0.231 e. The first-order valence-electron chi connectivity index (χ1n) is 6.73. The number of rotatable bonds is 6. The Morgan fingerprint density at radius 1 is 0.952 bits per heavy atom. The minimum Gasteiger partial charge on any atom is -0.493 e. The first kappa shape index (κ1) is 13.5. The highest BCUT2D eigenvalue weighted by Crippen LogP contribution is 2.35. The smallest absolute Gasteiger partial charge is 0.231 e. The average Bonchev–Trinajstić information content (AvgIpc) is 2.96. The number of ether oxygens (including phenoxy) is 4. The van der Waals surface area contributed by atoms with Crippen LogP contribution in [0.5, 0.6) is 23.0 Å². The van der Waals surface area contributed by atoms with Crippen molar-refractivity contribution in [3.63, 3.8) is 0 Å². The second-order valence-electron chi connectivity index (χ2n) is 4.50. The lowest BCUT2D eigenvalue weighted by Gasteiger charge is -2.09. The number of hydrogen-bond acceptors (Lipinski definition) is 4. The predicted octanol–water partition coefficient (Wildman–Crippen LogP) is 3.40. The summed E-state index contributed by atoms with van der Waals surface area (Å²) >= 11 is 0. The molecule has 0 radical (unpaired) electrons. The van der Waals surface area contributed by atoms with Gasteiger partial charge in [-0.1, -0.05) is 12.1 Å². The molecule has 5 heteroatoms. The van der Waals surface area contributed by atoms with Crippen molar-refractivity contribution < 1.29 is 23.3 Å². The van der Waals surface area contributed by atoms with Crippen LogP contribution < -0.4 is 18.9 Å². The van der Waals surface area contributed by atoms with Crippen LogP contribution in [0.4, 0.5) is 4.39 Å². The minimum atomic E-state index is -0.353. The van der Waals surface area contributed by atoms with E-state index >= 15 is 0 Å². The van der Waals surface area contributed by atoms with E-state index in [1.54, 1.807) is 24.3 Å². The Hall–Kier alpha value is -2.43. The molecule has 2 aromatic rings. The van der Waals surface area contributed by atoms with Crippen molar-refractivity contribution in [2.24, 2.45) is 0 Å². The molecule has 0 fully saturated rings. The quantitative estimate of drug-likeness (QED) is 0.764. The molecular weight excluding hydrogens is 275 g/mol. The summed E-state index contributed by atoms with van der Waals surface area (Å²) in [4.78, 5) is 0. The van der Waals surface area contributed by atoms with E-state index < -0.39 is 0 Å². The summed E-state index contributed by atoms with van der Waals surface area (Å²) in [5.74, 6) is 2.04. The zero-order chi connectivity index (χ0) is 14.5. The Balaban J connectivity index is 1.41. The van der Waals surface area contributed by atoms with Crippen molar-refractivity contribution >= 4 is 0 Å². The van der Waals surface area contributed by atoms with Gasteiger partial charge in [0.1, 0.15) is 5.75 Å². The maximum atomic E-state index is 13.3. The largest absolute Gasteiger partial charge is 0.493 e. The summed E-state index contributed by atoms with van der Waals surface area (Å²) in [6.45, 7) is 1.12. The fraction of sp³-hybridized carbons (Fsp3) is 0.250. The normalized spacial score (nSPS) is 12.2. The molecule has 1 heterocycles. The first-order chi connectivity index (χ1) is 10.3. The van der Waals surface area contributed by atoms with Crippen molar-refractivity contribution in [2.45, 2.75) is 6.42 Å². The third-order valence-corrected chi connectivity index (χ3v) is 3.00. The van der Waals surface area contributed by atoms with Gasteiger partial charge in [0, 0.05) is 12.5 Å². The summed E-state index contributed by atoms with van der Waals surface area (Å²) in [6.07, 6.45) is 0.656. The van der Waals surface area contributed by atoms with Crippen molar-refractivity contribution in [1.82, 2.24) is 0 Å². The van der Waals surface area contributed by atoms with Crippen LogP contribution >= 0.6 is 0 Å². The van der Waals surface area contributed by atoms with Gasteiger partial charge < -0.3 is 18.9 Å². The molecule has 0 amide bonds. The van der Waals surface area contributed by atoms with E-state index in [1.165, 1.54) is 6.07 Å². The van der Waals surface area contributed by atoms with Gasteiger partial charge >= 0.3 is 0 Å². The zero-order valence-corrected chi connectivity index (χ0v) is 11.4.